The second-order valence-corrected chi connectivity index (χ2v) is 15.3. The number of benzene rings is 3. The number of piperidine rings is 1. The van der Waals surface area contributed by atoms with Crippen molar-refractivity contribution < 1.29 is 9.59 Å². The van der Waals surface area contributed by atoms with E-state index in [1.807, 2.05) is 77.2 Å². The van der Waals surface area contributed by atoms with Crippen molar-refractivity contribution in [1.29, 1.82) is 0 Å². The van der Waals surface area contributed by atoms with Gasteiger partial charge in [0.25, 0.3) is 0 Å². The minimum Gasteiger partial charge on any atom is -0.296 e. The zero-order valence-corrected chi connectivity index (χ0v) is 32.5. The van der Waals surface area contributed by atoms with Crippen LogP contribution in [0.2, 0.25) is 5.02 Å². The molecule has 2 aliphatic heterocycles. The molecule has 286 valence electrons. The summed E-state index contributed by atoms with van der Waals surface area (Å²) in [5.74, 6) is 1.14. The van der Waals surface area contributed by atoms with Crippen molar-refractivity contribution in [3.05, 3.63) is 119 Å². The number of hydrogen-bond donors (Lipinski definition) is 1. The van der Waals surface area contributed by atoms with Crippen LogP contribution in [-0.2, 0) is 29.1 Å². The SMILES string of the molecule is Cc1nnc2n1-c1ccc(-c3cnn(CCCCCCCCn4cc(-c5ccc(CC6CCC(=O)NC6=O)cc5)nn4)c3)cc1C(c1ccc(Cl)cc1)=N[C@H]2C. The molecule has 3 aromatic carbocycles. The molecule has 0 bridgehead atoms. The van der Waals surface area contributed by atoms with Gasteiger partial charge in [0, 0.05) is 58.9 Å². The van der Waals surface area contributed by atoms with Gasteiger partial charge in [-0.15, -0.1) is 15.3 Å². The lowest BCUT2D eigenvalue weighted by atomic mass is 9.91. The number of fused-ring (bicyclic) bond motifs is 3. The molecule has 1 unspecified atom stereocenters. The van der Waals surface area contributed by atoms with E-state index in [-0.39, 0.29) is 23.8 Å². The van der Waals surface area contributed by atoms with Crippen LogP contribution in [0.15, 0.2) is 90.3 Å². The number of unbranched alkanes of at least 4 members (excludes halogenated alkanes) is 5. The Bertz CT molecular complexity index is 2370. The number of aliphatic imine (C=N–C) groups is 1. The van der Waals surface area contributed by atoms with Crippen LogP contribution in [0.25, 0.3) is 28.1 Å². The maximum absolute atomic E-state index is 12.1. The monoisotopic (exact) mass is 768 g/mol. The molecule has 5 heterocycles. The predicted molar refractivity (Wildman–Crippen MR) is 216 cm³/mol. The van der Waals surface area contributed by atoms with Crippen molar-refractivity contribution in [2.75, 3.05) is 0 Å². The summed E-state index contributed by atoms with van der Waals surface area (Å²) < 4.78 is 6.08. The number of halogens is 1. The van der Waals surface area contributed by atoms with Crippen molar-refractivity contribution in [2.45, 2.75) is 90.8 Å². The highest BCUT2D eigenvalue weighted by molar-refractivity contribution is 6.30. The summed E-state index contributed by atoms with van der Waals surface area (Å²) in [6, 6.07) is 22.3. The Hall–Kier alpha value is -5.75. The van der Waals surface area contributed by atoms with E-state index in [2.05, 4.69) is 61.7 Å². The molecular formula is C43H45ClN10O2. The molecule has 8 rings (SSSR count). The van der Waals surface area contributed by atoms with Crippen molar-refractivity contribution in [2.24, 2.45) is 10.9 Å². The largest absolute Gasteiger partial charge is 0.296 e. The Morgan fingerprint density at radius 2 is 1.50 bits per heavy atom. The number of hydrogen-bond acceptors (Lipinski definition) is 8. The van der Waals surface area contributed by atoms with E-state index in [0.29, 0.717) is 24.3 Å². The van der Waals surface area contributed by atoms with Gasteiger partial charge in [-0.3, -0.25) is 33.8 Å². The first kappa shape index (κ1) is 37.2. The van der Waals surface area contributed by atoms with E-state index in [1.54, 1.807) is 0 Å². The summed E-state index contributed by atoms with van der Waals surface area (Å²) >= 11 is 6.25. The van der Waals surface area contributed by atoms with Crippen LogP contribution in [0.3, 0.4) is 0 Å². The molecule has 1 N–H and O–H groups in total. The Labute approximate surface area is 331 Å². The van der Waals surface area contributed by atoms with Crippen molar-refractivity contribution in [1.82, 2.24) is 44.9 Å². The second kappa shape index (κ2) is 16.5. The maximum Gasteiger partial charge on any atom is 0.230 e. The van der Waals surface area contributed by atoms with Gasteiger partial charge < -0.3 is 0 Å². The van der Waals surface area contributed by atoms with E-state index in [9.17, 15) is 9.59 Å². The van der Waals surface area contributed by atoms with Crippen LogP contribution >= 0.6 is 11.6 Å². The molecule has 0 aliphatic carbocycles. The smallest absolute Gasteiger partial charge is 0.230 e. The van der Waals surface area contributed by atoms with E-state index in [1.165, 1.54) is 12.8 Å². The summed E-state index contributed by atoms with van der Waals surface area (Å²) in [6.45, 7) is 5.75. The number of carbonyl (C=O) groups excluding carboxylic acids is 2. The fourth-order valence-corrected chi connectivity index (χ4v) is 7.79. The highest BCUT2D eigenvalue weighted by Crippen LogP contribution is 2.34. The van der Waals surface area contributed by atoms with Gasteiger partial charge in [-0.2, -0.15) is 5.10 Å². The zero-order chi connectivity index (χ0) is 38.6. The van der Waals surface area contributed by atoms with Crippen LogP contribution < -0.4 is 5.32 Å². The topological polar surface area (TPSA) is 138 Å². The zero-order valence-electron chi connectivity index (χ0n) is 31.7. The number of amides is 2. The van der Waals surface area contributed by atoms with Gasteiger partial charge in [-0.25, -0.2) is 0 Å². The first-order valence-corrected chi connectivity index (χ1v) is 19.9. The summed E-state index contributed by atoms with van der Waals surface area (Å²) in [6.07, 6.45) is 14.5. The number of nitrogens with zero attached hydrogens (tertiary/aromatic N) is 9. The molecule has 13 heteroatoms. The molecule has 2 atom stereocenters. The van der Waals surface area contributed by atoms with Crippen molar-refractivity contribution in [3.63, 3.8) is 0 Å². The average molecular weight is 769 g/mol. The molecule has 2 aliphatic rings. The maximum atomic E-state index is 12.1. The Balaban J connectivity index is 0.797. The molecule has 0 spiro atoms. The number of rotatable bonds is 14. The van der Waals surface area contributed by atoms with Crippen LogP contribution in [0, 0.1) is 12.8 Å². The third kappa shape index (κ3) is 8.25. The summed E-state index contributed by atoms with van der Waals surface area (Å²) in [5, 5.41) is 25.4. The van der Waals surface area contributed by atoms with Gasteiger partial charge in [0.15, 0.2) is 5.82 Å². The van der Waals surface area contributed by atoms with E-state index in [0.717, 1.165) is 101 Å². The van der Waals surface area contributed by atoms with Crippen molar-refractivity contribution in [3.8, 4) is 28.1 Å². The lowest BCUT2D eigenvalue weighted by Crippen LogP contribution is -2.41. The van der Waals surface area contributed by atoms with Gasteiger partial charge in [0.05, 0.1) is 23.8 Å². The first-order chi connectivity index (χ1) is 27.3. The number of aryl methyl sites for hydroxylation is 3. The average Bonchev–Trinajstić information content (AvgIpc) is 3.95. The first-order valence-electron chi connectivity index (χ1n) is 19.6. The number of carbonyl (C=O) groups is 2. The predicted octanol–water partition coefficient (Wildman–Crippen LogP) is 7.90. The number of imide groups is 1. The minimum atomic E-state index is -0.181. The fourth-order valence-electron chi connectivity index (χ4n) is 7.66. The molecule has 0 radical (unpaired) electrons. The van der Waals surface area contributed by atoms with Crippen LogP contribution in [0.5, 0.6) is 0 Å². The van der Waals surface area contributed by atoms with Gasteiger partial charge in [-0.1, -0.05) is 85.0 Å². The third-order valence-electron chi connectivity index (χ3n) is 10.8. The Kier molecular flexibility index (Phi) is 11.0. The summed E-state index contributed by atoms with van der Waals surface area (Å²) in [7, 11) is 0. The minimum absolute atomic E-state index is 0.158. The lowest BCUT2D eigenvalue weighted by molar-refractivity contribution is -0.136. The second-order valence-electron chi connectivity index (χ2n) is 14.9. The fraction of sp³-hybridized carbons (Fsp3) is 0.349. The van der Waals surface area contributed by atoms with Gasteiger partial charge in [0.1, 0.15) is 17.6 Å². The summed E-state index contributed by atoms with van der Waals surface area (Å²) in [5.41, 5.74) is 9.00. The molecule has 2 amide bonds. The molecular weight excluding hydrogens is 724 g/mol. The quantitative estimate of drug-likeness (QED) is 0.0879. The Morgan fingerprint density at radius 3 is 2.27 bits per heavy atom. The highest BCUT2D eigenvalue weighted by atomic mass is 35.5. The van der Waals surface area contributed by atoms with Gasteiger partial charge in [-0.05, 0) is 74.9 Å². The van der Waals surface area contributed by atoms with Crippen LogP contribution in [0.4, 0.5) is 0 Å². The molecule has 56 heavy (non-hydrogen) atoms. The lowest BCUT2D eigenvalue weighted by Gasteiger charge is -2.20. The molecule has 1 fully saturated rings. The highest BCUT2D eigenvalue weighted by Gasteiger charge is 2.28. The van der Waals surface area contributed by atoms with Crippen molar-refractivity contribution >= 4 is 29.1 Å². The number of aromatic nitrogens is 8. The molecule has 6 aromatic rings. The van der Waals surface area contributed by atoms with Gasteiger partial charge >= 0.3 is 0 Å². The van der Waals surface area contributed by atoms with E-state index < -0.39 is 0 Å². The molecule has 1 saturated heterocycles. The van der Waals surface area contributed by atoms with Crippen LogP contribution in [-0.4, -0.2) is 57.1 Å². The van der Waals surface area contributed by atoms with E-state index in [4.69, 9.17) is 21.7 Å². The Morgan fingerprint density at radius 1 is 0.786 bits per heavy atom. The molecule has 3 aromatic heterocycles. The van der Waals surface area contributed by atoms with E-state index >= 15 is 0 Å². The van der Waals surface area contributed by atoms with Crippen LogP contribution in [0.1, 0.15) is 92.7 Å². The summed E-state index contributed by atoms with van der Waals surface area (Å²) in [4.78, 5) is 28.7. The standard InChI is InChI=1S/C43H45ClN10O2/c1-28-42-50-48-29(2)54(42)39-19-15-33(24-37(39)41(46-28)32-13-17-36(44)18-14-32)35-25-45-52(26-35)21-7-5-3-4-6-8-22-53-27-38(49-51-53)31-11-9-30(10-12-31)23-34-16-20-40(55)47-43(34)56/h9-15,17-19,24-28,34H,3-8,16,20-23H2,1-2H3,(H,47,55,56)/t28-,34?/m0/s1. The normalized spacial score (nSPS) is 16.6. The molecule has 12 nitrogen and oxygen atoms in total. The van der Waals surface area contributed by atoms with Gasteiger partial charge in [0.2, 0.25) is 11.8 Å². The third-order valence-corrected chi connectivity index (χ3v) is 11.0. The number of nitrogens with one attached hydrogen (secondary N) is 1. The molecule has 0 saturated carbocycles.